The molecule has 5 heteroatoms. The number of halogens is 1. The number of fused-ring (bicyclic) bond motifs is 1. The van der Waals surface area contributed by atoms with Crippen LogP contribution < -0.4 is 10.2 Å². The highest BCUT2D eigenvalue weighted by Gasteiger charge is 2.35. The molecule has 0 spiro atoms. The minimum absolute atomic E-state index is 0.0658. The van der Waals surface area contributed by atoms with Gasteiger partial charge in [-0.15, -0.1) is 0 Å². The van der Waals surface area contributed by atoms with E-state index in [1.54, 1.807) is 30.3 Å². The van der Waals surface area contributed by atoms with Crippen LogP contribution in [0.15, 0.2) is 48.0 Å². The molecular formula is C24H26ClN3O. The van der Waals surface area contributed by atoms with E-state index in [4.69, 9.17) is 11.6 Å². The van der Waals surface area contributed by atoms with Crippen molar-refractivity contribution in [2.75, 3.05) is 16.8 Å². The maximum Gasteiger partial charge on any atom is 0.266 e. The molecule has 1 amide bonds. The van der Waals surface area contributed by atoms with Gasteiger partial charge in [0.15, 0.2) is 0 Å². The van der Waals surface area contributed by atoms with Crippen LogP contribution in [-0.4, -0.2) is 18.0 Å². The van der Waals surface area contributed by atoms with E-state index in [9.17, 15) is 10.1 Å². The molecule has 1 heterocycles. The van der Waals surface area contributed by atoms with Crippen LogP contribution in [0.5, 0.6) is 0 Å². The van der Waals surface area contributed by atoms with Crippen molar-refractivity contribution in [3.8, 4) is 6.07 Å². The number of amides is 1. The lowest BCUT2D eigenvalue weighted by molar-refractivity contribution is -0.112. The number of carbonyl (C=O) groups is 1. The van der Waals surface area contributed by atoms with Crippen LogP contribution in [0, 0.1) is 11.3 Å². The van der Waals surface area contributed by atoms with Crippen molar-refractivity contribution in [1.82, 2.24) is 0 Å². The Kier molecular flexibility index (Phi) is 6.00. The average Bonchev–Trinajstić information content (AvgIpc) is 2.67. The van der Waals surface area contributed by atoms with E-state index >= 15 is 0 Å². The third-order valence-corrected chi connectivity index (χ3v) is 5.76. The first-order valence-electron chi connectivity index (χ1n) is 9.85. The molecule has 150 valence electrons. The molecule has 0 radical (unpaired) electrons. The second-order valence-electron chi connectivity index (χ2n) is 8.11. The first-order valence-corrected chi connectivity index (χ1v) is 10.2. The van der Waals surface area contributed by atoms with E-state index < -0.39 is 5.91 Å². The third kappa shape index (κ3) is 4.46. The highest BCUT2D eigenvalue weighted by atomic mass is 35.5. The van der Waals surface area contributed by atoms with Crippen molar-refractivity contribution in [2.24, 2.45) is 0 Å². The lowest BCUT2D eigenvalue weighted by atomic mass is 9.79. The standard InChI is InChI=1S/C24H26ClN3O/c1-5-28-22-11-6-17(13-21(22)16(2)14-24(28,3)4)12-18(15-26)23(29)27-20-9-7-19(25)8-10-20/h6-13,16H,5,14H2,1-4H3,(H,27,29)/b18-12-/t16-/m0/s1. The number of rotatable bonds is 4. The number of hydrogen-bond donors (Lipinski definition) is 1. The molecule has 2 aromatic rings. The highest BCUT2D eigenvalue weighted by Crippen LogP contribution is 2.43. The van der Waals surface area contributed by atoms with Crippen LogP contribution in [0.4, 0.5) is 11.4 Å². The summed E-state index contributed by atoms with van der Waals surface area (Å²) < 4.78 is 0. The average molecular weight is 408 g/mol. The Labute approximate surface area is 177 Å². The van der Waals surface area contributed by atoms with E-state index in [0.717, 1.165) is 18.5 Å². The zero-order valence-corrected chi connectivity index (χ0v) is 18.0. The number of carbonyl (C=O) groups excluding carboxylic acids is 1. The quantitative estimate of drug-likeness (QED) is 0.499. The van der Waals surface area contributed by atoms with Crippen LogP contribution >= 0.6 is 11.6 Å². The Hall–Kier alpha value is -2.77. The predicted octanol–water partition coefficient (Wildman–Crippen LogP) is 6.00. The number of nitrogens with zero attached hydrogens (tertiary/aromatic N) is 2. The normalized spacial score (nSPS) is 18.0. The fraction of sp³-hybridized carbons (Fsp3) is 0.333. The SMILES string of the molecule is CCN1c2ccc(/C=C(/C#N)C(=O)Nc3ccc(Cl)cc3)cc2[C@@H](C)CC1(C)C. The molecule has 0 fully saturated rings. The third-order valence-electron chi connectivity index (χ3n) is 5.50. The summed E-state index contributed by atoms with van der Waals surface area (Å²) in [6, 6.07) is 15.0. The molecule has 1 aliphatic rings. The Morgan fingerprint density at radius 2 is 2.00 bits per heavy atom. The summed E-state index contributed by atoms with van der Waals surface area (Å²) in [5.74, 6) is -0.0264. The minimum Gasteiger partial charge on any atom is -0.366 e. The van der Waals surface area contributed by atoms with Gasteiger partial charge in [0, 0.05) is 28.5 Å². The van der Waals surface area contributed by atoms with Crippen molar-refractivity contribution in [1.29, 1.82) is 5.26 Å². The van der Waals surface area contributed by atoms with Gasteiger partial charge in [-0.25, -0.2) is 0 Å². The lowest BCUT2D eigenvalue weighted by Crippen LogP contribution is -2.48. The molecule has 2 aromatic carbocycles. The maximum atomic E-state index is 12.5. The predicted molar refractivity (Wildman–Crippen MR) is 120 cm³/mol. The van der Waals surface area contributed by atoms with Crippen LogP contribution in [-0.2, 0) is 4.79 Å². The lowest BCUT2D eigenvalue weighted by Gasteiger charge is -2.47. The summed E-state index contributed by atoms with van der Waals surface area (Å²) in [5, 5.41) is 12.8. The largest absolute Gasteiger partial charge is 0.366 e. The van der Waals surface area contributed by atoms with E-state index in [0.29, 0.717) is 16.6 Å². The molecule has 0 saturated heterocycles. The molecule has 0 saturated carbocycles. The maximum absolute atomic E-state index is 12.5. The van der Waals surface area contributed by atoms with Gasteiger partial charge < -0.3 is 10.2 Å². The van der Waals surface area contributed by atoms with Gasteiger partial charge >= 0.3 is 0 Å². The van der Waals surface area contributed by atoms with Gasteiger partial charge in [-0.05, 0) is 86.7 Å². The van der Waals surface area contributed by atoms with E-state index in [1.165, 1.54) is 11.3 Å². The molecular weight excluding hydrogens is 382 g/mol. The molecule has 1 atom stereocenters. The van der Waals surface area contributed by atoms with Gasteiger partial charge in [0.1, 0.15) is 11.6 Å². The van der Waals surface area contributed by atoms with Gasteiger partial charge in [-0.1, -0.05) is 24.6 Å². The van der Waals surface area contributed by atoms with Crippen molar-refractivity contribution in [2.45, 2.75) is 45.6 Å². The van der Waals surface area contributed by atoms with Crippen molar-refractivity contribution < 1.29 is 4.79 Å². The number of nitriles is 1. The summed E-state index contributed by atoms with van der Waals surface area (Å²) in [4.78, 5) is 15.0. The molecule has 29 heavy (non-hydrogen) atoms. The zero-order valence-electron chi connectivity index (χ0n) is 17.3. The van der Waals surface area contributed by atoms with Gasteiger partial charge in [0.25, 0.3) is 5.91 Å². The number of hydrogen-bond acceptors (Lipinski definition) is 3. The molecule has 3 rings (SSSR count). The monoisotopic (exact) mass is 407 g/mol. The highest BCUT2D eigenvalue weighted by molar-refractivity contribution is 6.30. The van der Waals surface area contributed by atoms with Gasteiger partial charge in [-0.2, -0.15) is 5.26 Å². The number of benzene rings is 2. The van der Waals surface area contributed by atoms with Crippen LogP contribution in [0.25, 0.3) is 6.08 Å². The molecule has 0 aliphatic carbocycles. The number of anilines is 2. The molecule has 0 aromatic heterocycles. The summed E-state index contributed by atoms with van der Waals surface area (Å²) >= 11 is 5.87. The van der Waals surface area contributed by atoms with Crippen LogP contribution in [0.1, 0.15) is 51.2 Å². The summed E-state index contributed by atoms with van der Waals surface area (Å²) in [6.07, 6.45) is 2.71. The zero-order chi connectivity index (χ0) is 21.2. The first-order chi connectivity index (χ1) is 13.7. The Balaban J connectivity index is 1.89. The van der Waals surface area contributed by atoms with Crippen LogP contribution in [0.3, 0.4) is 0 Å². The summed E-state index contributed by atoms with van der Waals surface area (Å²) in [5.41, 5.74) is 4.12. The Morgan fingerprint density at radius 1 is 1.31 bits per heavy atom. The molecule has 4 nitrogen and oxygen atoms in total. The fourth-order valence-corrected chi connectivity index (χ4v) is 4.37. The molecule has 1 N–H and O–H groups in total. The number of nitrogens with one attached hydrogen (secondary N) is 1. The van der Waals surface area contributed by atoms with Crippen molar-refractivity contribution in [3.05, 3.63) is 64.2 Å². The second-order valence-corrected chi connectivity index (χ2v) is 8.55. The molecule has 0 unspecified atom stereocenters. The van der Waals surface area contributed by atoms with E-state index in [2.05, 4.69) is 50.0 Å². The second kappa shape index (κ2) is 8.31. The van der Waals surface area contributed by atoms with Crippen LogP contribution in [0.2, 0.25) is 5.02 Å². The molecule has 0 bridgehead atoms. The summed E-state index contributed by atoms with van der Waals surface area (Å²) in [7, 11) is 0. The van der Waals surface area contributed by atoms with E-state index in [1.807, 2.05) is 12.1 Å². The van der Waals surface area contributed by atoms with Gasteiger partial charge in [0.05, 0.1) is 0 Å². The Bertz CT molecular complexity index is 986. The van der Waals surface area contributed by atoms with Gasteiger partial charge in [-0.3, -0.25) is 4.79 Å². The minimum atomic E-state index is -0.433. The fourth-order valence-electron chi connectivity index (χ4n) is 4.24. The van der Waals surface area contributed by atoms with Gasteiger partial charge in [0.2, 0.25) is 0 Å². The van der Waals surface area contributed by atoms with Crippen molar-refractivity contribution >= 4 is 35.0 Å². The molecule has 1 aliphatic heterocycles. The first kappa shape index (κ1) is 21.0. The van der Waals surface area contributed by atoms with E-state index in [-0.39, 0.29) is 11.1 Å². The smallest absolute Gasteiger partial charge is 0.266 e. The van der Waals surface area contributed by atoms with Crippen molar-refractivity contribution in [3.63, 3.8) is 0 Å². The topological polar surface area (TPSA) is 56.1 Å². The summed E-state index contributed by atoms with van der Waals surface area (Å²) in [6.45, 7) is 9.90. The Morgan fingerprint density at radius 3 is 2.62 bits per heavy atom.